The quantitative estimate of drug-likeness (QED) is 0.687. The van der Waals surface area contributed by atoms with Gasteiger partial charge in [0.2, 0.25) is 6.41 Å². The smallest absolute Gasteiger partial charge is 0.293 e. The summed E-state index contributed by atoms with van der Waals surface area (Å²) in [6.07, 6.45) is 0.788. The largest absolute Gasteiger partial charge is 0.461 e. The topological polar surface area (TPSA) is 46.6 Å². The van der Waals surface area contributed by atoms with Crippen LogP contribution in [-0.2, 0) is 14.3 Å². The summed E-state index contributed by atoms with van der Waals surface area (Å²) in [7, 11) is 0. The van der Waals surface area contributed by atoms with Crippen LogP contribution in [0.15, 0.2) is 11.1 Å². The number of carbonyl (C=O) groups is 2. The van der Waals surface area contributed by atoms with Crippen molar-refractivity contribution >= 4 is 24.6 Å². The molecule has 0 N–H and O–H groups in total. The predicted octanol–water partition coefficient (Wildman–Crippen LogP) is 1.58. The van der Waals surface area contributed by atoms with Crippen LogP contribution in [0.1, 0.15) is 20.8 Å². The highest BCUT2D eigenvalue weighted by atomic mass is 32.2. The van der Waals surface area contributed by atoms with Crippen LogP contribution in [0.5, 0.6) is 0 Å². The van der Waals surface area contributed by atoms with Gasteiger partial charge in [-0.2, -0.15) is 0 Å². The maximum atomic E-state index is 11.0. The zero-order chi connectivity index (χ0) is 11.5. The van der Waals surface area contributed by atoms with Gasteiger partial charge in [-0.1, -0.05) is 20.8 Å². The summed E-state index contributed by atoms with van der Waals surface area (Å²) in [5, 5.41) is 1.94. The van der Waals surface area contributed by atoms with E-state index in [9.17, 15) is 9.59 Å². The molecule has 0 fully saturated rings. The van der Waals surface area contributed by atoms with Crippen LogP contribution < -0.4 is 0 Å². The van der Waals surface area contributed by atoms with Crippen molar-refractivity contribution in [2.45, 2.75) is 26.1 Å². The average Bonchev–Trinajstić information content (AvgIpc) is 2.56. The van der Waals surface area contributed by atoms with Crippen LogP contribution in [0.2, 0.25) is 0 Å². The van der Waals surface area contributed by atoms with Gasteiger partial charge in [0.25, 0.3) is 6.47 Å². The van der Waals surface area contributed by atoms with Crippen LogP contribution in [-0.4, -0.2) is 29.8 Å². The Balaban J connectivity index is 2.71. The molecule has 0 spiro atoms. The van der Waals surface area contributed by atoms with Gasteiger partial charge in [0.15, 0.2) is 0 Å². The Morgan fingerprint density at radius 1 is 1.53 bits per heavy atom. The molecule has 1 atom stereocenters. The van der Waals surface area contributed by atoms with Crippen molar-refractivity contribution in [3.8, 4) is 0 Å². The van der Waals surface area contributed by atoms with Crippen molar-refractivity contribution in [2.75, 3.05) is 6.61 Å². The molecule has 1 heterocycles. The van der Waals surface area contributed by atoms with Crippen molar-refractivity contribution in [1.29, 1.82) is 0 Å². The highest BCUT2D eigenvalue weighted by Crippen LogP contribution is 2.40. The zero-order valence-electron chi connectivity index (χ0n) is 9.10. The number of hydrogen-bond donors (Lipinski definition) is 0. The van der Waals surface area contributed by atoms with Gasteiger partial charge in [-0.05, 0) is 10.8 Å². The van der Waals surface area contributed by atoms with E-state index >= 15 is 0 Å². The van der Waals surface area contributed by atoms with Gasteiger partial charge in [0, 0.05) is 0 Å². The lowest BCUT2D eigenvalue weighted by Gasteiger charge is -2.33. The molecule has 84 valence electrons. The average molecular weight is 229 g/mol. The standard InChI is InChI=1S/C10H15NO3S/c1-10(2,3)9-11(6-12)8(5-15-9)4-14-7-13/h5-7,9H,4H2,1-3H3. The molecule has 1 unspecified atom stereocenters. The third-order valence-electron chi connectivity index (χ3n) is 2.07. The number of ether oxygens (including phenoxy) is 1. The second-order valence-electron chi connectivity index (χ2n) is 4.38. The second-order valence-corrected chi connectivity index (χ2v) is 5.34. The van der Waals surface area contributed by atoms with Gasteiger partial charge in [0.05, 0.1) is 11.1 Å². The fourth-order valence-electron chi connectivity index (χ4n) is 1.39. The minimum atomic E-state index is -0.00892. The van der Waals surface area contributed by atoms with Crippen molar-refractivity contribution in [2.24, 2.45) is 5.41 Å². The maximum absolute atomic E-state index is 11.0. The Morgan fingerprint density at radius 3 is 2.67 bits per heavy atom. The van der Waals surface area contributed by atoms with E-state index in [1.165, 1.54) is 0 Å². The Kier molecular flexibility index (Phi) is 3.79. The third kappa shape index (κ3) is 2.75. The Labute approximate surface area is 93.6 Å². The summed E-state index contributed by atoms with van der Waals surface area (Å²) in [5.41, 5.74) is 0.729. The molecule has 0 radical (unpaired) electrons. The van der Waals surface area contributed by atoms with E-state index in [0.717, 1.165) is 12.1 Å². The molecule has 0 aliphatic carbocycles. The van der Waals surface area contributed by atoms with Crippen LogP contribution in [0.3, 0.4) is 0 Å². The molecule has 15 heavy (non-hydrogen) atoms. The molecule has 4 nitrogen and oxygen atoms in total. The first kappa shape index (κ1) is 12.1. The Bertz CT molecular complexity index is 283. The normalized spacial score (nSPS) is 21.1. The summed E-state index contributed by atoms with van der Waals surface area (Å²) in [6, 6.07) is 0. The van der Waals surface area contributed by atoms with Gasteiger partial charge in [-0.25, -0.2) is 0 Å². The maximum Gasteiger partial charge on any atom is 0.293 e. The second kappa shape index (κ2) is 4.70. The molecular formula is C10H15NO3S. The molecule has 0 aromatic heterocycles. The molecule has 0 bridgehead atoms. The highest BCUT2D eigenvalue weighted by molar-refractivity contribution is 8.03. The Hall–Kier alpha value is -0.970. The summed E-state index contributed by atoms with van der Waals surface area (Å²) in [5.74, 6) is 0. The molecule has 1 aliphatic rings. The van der Waals surface area contributed by atoms with Crippen molar-refractivity contribution in [3.05, 3.63) is 11.1 Å². The SMILES string of the molecule is CC(C)(C)C1SC=C(COC=O)N1C=O. The van der Waals surface area contributed by atoms with E-state index in [-0.39, 0.29) is 17.4 Å². The lowest BCUT2D eigenvalue weighted by atomic mass is 9.95. The number of carbonyl (C=O) groups excluding carboxylic acids is 2. The van der Waals surface area contributed by atoms with Gasteiger partial charge in [-0.3, -0.25) is 9.59 Å². The highest BCUT2D eigenvalue weighted by Gasteiger charge is 2.35. The summed E-state index contributed by atoms with van der Waals surface area (Å²) in [4.78, 5) is 22.7. The Morgan fingerprint density at radius 2 is 2.20 bits per heavy atom. The first-order valence-electron chi connectivity index (χ1n) is 4.64. The van der Waals surface area contributed by atoms with E-state index in [4.69, 9.17) is 0 Å². The van der Waals surface area contributed by atoms with E-state index in [0.29, 0.717) is 6.47 Å². The fraction of sp³-hybridized carbons (Fsp3) is 0.600. The minimum absolute atomic E-state index is 0.00892. The van der Waals surface area contributed by atoms with Crippen molar-refractivity contribution in [1.82, 2.24) is 4.90 Å². The fourth-order valence-corrected chi connectivity index (χ4v) is 2.59. The molecule has 0 aromatic carbocycles. The number of hydrogen-bond acceptors (Lipinski definition) is 4. The van der Waals surface area contributed by atoms with Crippen molar-refractivity contribution < 1.29 is 14.3 Å². The molecule has 0 aromatic rings. The van der Waals surface area contributed by atoms with E-state index in [1.54, 1.807) is 16.7 Å². The predicted molar refractivity (Wildman–Crippen MR) is 58.8 cm³/mol. The third-order valence-corrected chi connectivity index (χ3v) is 3.67. The summed E-state index contributed by atoms with van der Waals surface area (Å²) < 4.78 is 4.65. The first-order chi connectivity index (χ1) is 7.00. The number of nitrogens with zero attached hydrogens (tertiary/aromatic N) is 1. The van der Waals surface area contributed by atoms with Gasteiger partial charge < -0.3 is 9.64 Å². The molecule has 1 aliphatic heterocycles. The van der Waals surface area contributed by atoms with E-state index in [2.05, 4.69) is 25.5 Å². The first-order valence-corrected chi connectivity index (χ1v) is 5.58. The lowest BCUT2D eigenvalue weighted by molar-refractivity contribution is -0.129. The van der Waals surface area contributed by atoms with Crippen LogP contribution >= 0.6 is 11.8 Å². The van der Waals surface area contributed by atoms with Gasteiger partial charge in [-0.15, -0.1) is 11.8 Å². The molecular weight excluding hydrogens is 214 g/mol. The van der Waals surface area contributed by atoms with E-state index < -0.39 is 0 Å². The molecule has 1 rings (SSSR count). The van der Waals surface area contributed by atoms with E-state index in [1.807, 2.05) is 5.41 Å². The van der Waals surface area contributed by atoms with Crippen LogP contribution in [0, 0.1) is 5.41 Å². The summed E-state index contributed by atoms with van der Waals surface area (Å²) in [6.45, 7) is 6.75. The lowest BCUT2D eigenvalue weighted by Crippen LogP contribution is -2.38. The molecule has 0 saturated carbocycles. The van der Waals surface area contributed by atoms with Crippen LogP contribution in [0.25, 0.3) is 0 Å². The number of amides is 1. The number of rotatable bonds is 4. The summed E-state index contributed by atoms with van der Waals surface area (Å²) >= 11 is 1.58. The van der Waals surface area contributed by atoms with Crippen LogP contribution in [0.4, 0.5) is 0 Å². The molecule has 0 saturated heterocycles. The molecule has 1 amide bonds. The monoisotopic (exact) mass is 229 g/mol. The minimum Gasteiger partial charge on any atom is -0.461 e. The molecule has 5 heteroatoms. The van der Waals surface area contributed by atoms with Crippen molar-refractivity contribution in [3.63, 3.8) is 0 Å². The zero-order valence-corrected chi connectivity index (χ0v) is 9.91. The number of thioether (sulfide) groups is 1. The van der Waals surface area contributed by atoms with Gasteiger partial charge >= 0.3 is 0 Å². The van der Waals surface area contributed by atoms with Gasteiger partial charge in [0.1, 0.15) is 6.61 Å².